The van der Waals surface area contributed by atoms with Gasteiger partial charge >= 0.3 is 0 Å². The minimum Gasteiger partial charge on any atom is -0.389 e. The van der Waals surface area contributed by atoms with Gasteiger partial charge in [0.1, 0.15) is 5.04 Å². The van der Waals surface area contributed by atoms with Crippen molar-refractivity contribution in [1.29, 1.82) is 0 Å². The number of benzene rings is 1. The molecule has 162 valence electrons. The topological polar surface area (TPSA) is 81.7 Å². The van der Waals surface area contributed by atoms with E-state index in [1.807, 2.05) is 0 Å². The van der Waals surface area contributed by atoms with Gasteiger partial charge in [-0.3, -0.25) is 4.99 Å². The van der Waals surface area contributed by atoms with Crippen molar-refractivity contribution in [3.8, 4) is 0 Å². The Morgan fingerprint density at radius 2 is 2.13 bits per heavy atom. The molecule has 0 bridgehead atoms. The molecular weight excluding hydrogens is 396 g/mol. The molecule has 0 aliphatic carbocycles. The number of fused-ring (bicyclic) bond motifs is 1. The molecule has 0 amide bonds. The standard InChI is InChI=1S/C23H32N4O2S/c1-14-5-6-18(25-14)22(28)20-13-30-23(27-20)19-11-16-3-2-4-17(21(16)26-19)24-12-15-7-9-29-10-8-15/h2-4,11,14-15,18,20,22,24-26,28H,5-10,12-13H2,1H3. The second-order valence-corrected chi connectivity index (χ2v) is 9.95. The van der Waals surface area contributed by atoms with Gasteiger partial charge in [0.15, 0.2) is 0 Å². The first kappa shape index (κ1) is 20.4. The van der Waals surface area contributed by atoms with Crippen molar-refractivity contribution >= 4 is 33.4 Å². The predicted molar refractivity (Wildman–Crippen MR) is 125 cm³/mol. The van der Waals surface area contributed by atoms with Gasteiger partial charge in [0.2, 0.25) is 0 Å². The number of para-hydroxylation sites is 1. The number of aliphatic imine (C=N–C) groups is 1. The number of thioether (sulfide) groups is 1. The van der Waals surface area contributed by atoms with Crippen LogP contribution in [0.2, 0.25) is 0 Å². The van der Waals surface area contributed by atoms with E-state index in [1.54, 1.807) is 11.8 Å². The van der Waals surface area contributed by atoms with Crippen molar-refractivity contribution in [2.75, 3.05) is 30.8 Å². The van der Waals surface area contributed by atoms with Gasteiger partial charge in [0.05, 0.1) is 29.0 Å². The number of hydrogen-bond acceptors (Lipinski definition) is 6. The van der Waals surface area contributed by atoms with Crippen LogP contribution in [0.5, 0.6) is 0 Å². The summed E-state index contributed by atoms with van der Waals surface area (Å²) in [5.41, 5.74) is 3.34. The molecule has 4 unspecified atom stereocenters. The van der Waals surface area contributed by atoms with Crippen LogP contribution in [0.4, 0.5) is 5.69 Å². The number of nitrogens with one attached hydrogen (secondary N) is 3. The summed E-state index contributed by atoms with van der Waals surface area (Å²) in [6, 6.07) is 9.20. The summed E-state index contributed by atoms with van der Waals surface area (Å²) >= 11 is 1.75. The van der Waals surface area contributed by atoms with E-state index in [0.29, 0.717) is 12.0 Å². The van der Waals surface area contributed by atoms with Gasteiger partial charge in [0.25, 0.3) is 0 Å². The highest BCUT2D eigenvalue weighted by Gasteiger charge is 2.35. The lowest BCUT2D eigenvalue weighted by molar-refractivity contribution is 0.0699. The van der Waals surface area contributed by atoms with Gasteiger partial charge in [-0.25, -0.2) is 0 Å². The number of aromatic amines is 1. The highest BCUT2D eigenvalue weighted by molar-refractivity contribution is 8.14. The van der Waals surface area contributed by atoms with Crippen LogP contribution in [-0.4, -0.2) is 64.9 Å². The maximum Gasteiger partial charge on any atom is 0.115 e. The second-order valence-electron chi connectivity index (χ2n) is 8.94. The largest absolute Gasteiger partial charge is 0.389 e. The number of nitrogens with zero attached hydrogens (tertiary/aromatic N) is 1. The lowest BCUT2D eigenvalue weighted by Crippen LogP contribution is -2.43. The Bertz CT molecular complexity index is 908. The molecule has 3 aliphatic rings. The smallest absolute Gasteiger partial charge is 0.115 e. The van der Waals surface area contributed by atoms with Crippen LogP contribution in [0.15, 0.2) is 29.3 Å². The van der Waals surface area contributed by atoms with Crippen molar-refractivity contribution in [3.63, 3.8) is 0 Å². The minimum atomic E-state index is -0.416. The van der Waals surface area contributed by atoms with E-state index in [-0.39, 0.29) is 12.1 Å². The Hall–Kier alpha value is -1.54. The fraction of sp³-hybridized carbons (Fsp3) is 0.609. The normalized spacial score (nSPS) is 28.7. The molecule has 3 aliphatic heterocycles. The molecule has 7 heteroatoms. The van der Waals surface area contributed by atoms with Crippen LogP contribution in [-0.2, 0) is 4.74 Å². The zero-order valence-electron chi connectivity index (χ0n) is 17.6. The molecular formula is C23H32N4O2S. The van der Waals surface area contributed by atoms with Gasteiger partial charge in [-0.05, 0) is 50.7 Å². The fourth-order valence-corrected chi connectivity index (χ4v) is 5.91. The molecule has 30 heavy (non-hydrogen) atoms. The van der Waals surface area contributed by atoms with Crippen LogP contribution < -0.4 is 10.6 Å². The van der Waals surface area contributed by atoms with E-state index in [2.05, 4.69) is 46.8 Å². The number of aliphatic hydroxyl groups is 1. The van der Waals surface area contributed by atoms with Crippen LogP contribution in [0.1, 0.15) is 38.3 Å². The molecule has 6 nitrogen and oxygen atoms in total. The fourth-order valence-electron chi connectivity index (χ4n) is 4.83. The van der Waals surface area contributed by atoms with Gasteiger partial charge in [-0.2, -0.15) is 0 Å². The summed E-state index contributed by atoms with van der Waals surface area (Å²) in [7, 11) is 0. The Kier molecular flexibility index (Phi) is 6.05. The number of H-pyrrole nitrogens is 1. The summed E-state index contributed by atoms with van der Waals surface area (Å²) < 4.78 is 5.47. The first-order valence-electron chi connectivity index (χ1n) is 11.3. The summed E-state index contributed by atoms with van der Waals surface area (Å²) in [5.74, 6) is 1.51. The number of aliphatic hydroxyl groups excluding tert-OH is 1. The number of hydrogen-bond donors (Lipinski definition) is 4. The van der Waals surface area contributed by atoms with Crippen molar-refractivity contribution in [3.05, 3.63) is 30.0 Å². The monoisotopic (exact) mass is 428 g/mol. The van der Waals surface area contributed by atoms with E-state index in [0.717, 1.165) is 73.1 Å². The molecule has 4 N–H and O–H groups in total. The number of ether oxygens (including phenoxy) is 1. The Labute approximate surface area is 182 Å². The quantitative estimate of drug-likeness (QED) is 0.567. The molecule has 0 spiro atoms. The first-order chi connectivity index (χ1) is 14.7. The third-order valence-corrected chi connectivity index (χ3v) is 7.81. The lowest BCUT2D eigenvalue weighted by atomic mass is 10.0. The van der Waals surface area contributed by atoms with Crippen molar-refractivity contribution < 1.29 is 9.84 Å². The lowest BCUT2D eigenvalue weighted by Gasteiger charge is -2.22. The Morgan fingerprint density at radius 3 is 2.93 bits per heavy atom. The highest BCUT2D eigenvalue weighted by Crippen LogP contribution is 2.31. The first-order valence-corrected chi connectivity index (χ1v) is 12.2. The zero-order chi connectivity index (χ0) is 20.5. The average Bonchev–Trinajstić information content (AvgIpc) is 3.51. The molecule has 2 fully saturated rings. The summed E-state index contributed by atoms with van der Waals surface area (Å²) in [5, 5.41) is 20.2. The molecule has 0 saturated carbocycles. The van der Waals surface area contributed by atoms with E-state index in [9.17, 15) is 5.11 Å². The van der Waals surface area contributed by atoms with Gasteiger partial charge in [-0.1, -0.05) is 12.1 Å². The predicted octanol–water partition coefficient (Wildman–Crippen LogP) is 3.37. The van der Waals surface area contributed by atoms with Crippen LogP contribution >= 0.6 is 11.8 Å². The third-order valence-electron chi connectivity index (χ3n) is 6.70. The van der Waals surface area contributed by atoms with Gasteiger partial charge in [-0.15, -0.1) is 11.8 Å². The van der Waals surface area contributed by atoms with Gasteiger partial charge < -0.3 is 25.5 Å². The Balaban J connectivity index is 1.30. The third kappa shape index (κ3) is 4.26. The van der Waals surface area contributed by atoms with Crippen molar-refractivity contribution in [2.24, 2.45) is 10.9 Å². The highest BCUT2D eigenvalue weighted by atomic mass is 32.2. The summed E-state index contributed by atoms with van der Waals surface area (Å²) in [6.07, 6.45) is 4.00. The van der Waals surface area contributed by atoms with E-state index >= 15 is 0 Å². The molecule has 2 aromatic rings. The number of anilines is 1. The molecule has 4 atom stereocenters. The number of rotatable bonds is 6. The maximum atomic E-state index is 10.8. The van der Waals surface area contributed by atoms with Crippen molar-refractivity contribution in [1.82, 2.24) is 10.3 Å². The van der Waals surface area contributed by atoms with Crippen LogP contribution in [0.25, 0.3) is 10.9 Å². The molecule has 4 heterocycles. The van der Waals surface area contributed by atoms with Crippen LogP contribution in [0, 0.1) is 5.92 Å². The van der Waals surface area contributed by atoms with Crippen molar-refractivity contribution in [2.45, 2.75) is 56.8 Å². The maximum absolute atomic E-state index is 10.8. The summed E-state index contributed by atoms with van der Waals surface area (Å²) in [4.78, 5) is 8.49. The van der Waals surface area contributed by atoms with E-state index in [4.69, 9.17) is 9.73 Å². The average molecular weight is 429 g/mol. The van der Waals surface area contributed by atoms with E-state index in [1.165, 1.54) is 5.39 Å². The molecule has 5 rings (SSSR count). The SMILES string of the molecule is CC1CCC(C(O)C2CSC(c3cc4cccc(NCC5CCOCC5)c4[nH]3)=N2)N1. The minimum absolute atomic E-state index is 0.0367. The van der Waals surface area contributed by atoms with Gasteiger partial charge in [0, 0.05) is 43.0 Å². The molecule has 2 saturated heterocycles. The summed E-state index contributed by atoms with van der Waals surface area (Å²) in [6.45, 7) is 4.92. The van der Waals surface area contributed by atoms with Crippen LogP contribution in [0.3, 0.4) is 0 Å². The molecule has 0 radical (unpaired) electrons. The molecule has 1 aromatic heterocycles. The zero-order valence-corrected chi connectivity index (χ0v) is 18.4. The second kappa shape index (κ2) is 8.91. The Morgan fingerprint density at radius 1 is 1.27 bits per heavy atom. The van der Waals surface area contributed by atoms with E-state index < -0.39 is 6.10 Å². The molecule has 1 aromatic carbocycles. The number of aromatic nitrogens is 1.